The highest BCUT2D eigenvalue weighted by Crippen LogP contribution is 2.41. The molecule has 2 aliphatic rings. The molecule has 0 bridgehead atoms. The summed E-state index contributed by atoms with van der Waals surface area (Å²) in [6.45, 7) is -3.56. The van der Waals surface area contributed by atoms with E-state index in [1.54, 1.807) is 29.2 Å². The summed E-state index contributed by atoms with van der Waals surface area (Å²) < 4.78 is 144. The van der Waals surface area contributed by atoms with Crippen LogP contribution >= 0.6 is 11.8 Å². The summed E-state index contributed by atoms with van der Waals surface area (Å²) in [5.41, 5.74) is -0.369. The largest absolute Gasteiger partial charge is 0.416 e. The number of anilines is 1. The van der Waals surface area contributed by atoms with Crippen LogP contribution in [0.1, 0.15) is 57.7 Å². The average molecular weight is 760 g/mol. The maximum Gasteiger partial charge on any atom is 0.416 e. The van der Waals surface area contributed by atoms with Gasteiger partial charge < -0.3 is 24.5 Å². The van der Waals surface area contributed by atoms with Crippen LogP contribution in [0, 0.1) is 18.6 Å². The first-order chi connectivity index (χ1) is 28.6. The van der Waals surface area contributed by atoms with Gasteiger partial charge >= 0.3 is 6.18 Å². The second kappa shape index (κ2) is 16.8. The van der Waals surface area contributed by atoms with Crippen LogP contribution in [0.5, 0.6) is 0 Å². The quantitative estimate of drug-likeness (QED) is 0.146. The predicted molar refractivity (Wildman–Crippen MR) is 198 cm³/mol. The smallest absolute Gasteiger partial charge is 0.384 e. The number of amides is 1. The highest BCUT2D eigenvalue weighted by molar-refractivity contribution is 8.02. The number of carbonyl (C=O) groups is 1. The van der Waals surface area contributed by atoms with Gasteiger partial charge in [-0.15, -0.1) is 11.8 Å². The Balaban J connectivity index is 1.41. The molecule has 6 nitrogen and oxygen atoms in total. The fraction of sp³-hybridized carbons (Fsp3) is 0.341. The van der Waals surface area contributed by atoms with Gasteiger partial charge in [0.2, 0.25) is 5.91 Å². The van der Waals surface area contributed by atoms with Crippen molar-refractivity contribution in [1.82, 2.24) is 9.80 Å². The van der Waals surface area contributed by atoms with Crippen molar-refractivity contribution >= 4 is 23.4 Å². The molecular formula is C41H42F5N3O3S. The highest BCUT2D eigenvalue weighted by Gasteiger charge is 2.33. The molecule has 0 saturated carbocycles. The zero-order chi connectivity index (χ0) is 44.8. The molecule has 2 heterocycles. The van der Waals surface area contributed by atoms with Crippen LogP contribution in [0.2, 0.25) is 0 Å². The lowest BCUT2D eigenvalue weighted by molar-refractivity contribution is -0.137. The van der Waals surface area contributed by atoms with Gasteiger partial charge in [-0.3, -0.25) is 4.79 Å². The molecule has 4 aromatic rings. The van der Waals surface area contributed by atoms with Gasteiger partial charge in [-0.05, 0) is 66.7 Å². The van der Waals surface area contributed by atoms with Gasteiger partial charge in [0.05, 0.1) is 28.1 Å². The summed E-state index contributed by atoms with van der Waals surface area (Å²) in [5.74, 6) is -3.95. The molecule has 1 unspecified atom stereocenters. The van der Waals surface area contributed by atoms with Gasteiger partial charge in [0.15, 0.2) is 11.6 Å². The topological polar surface area (TPSA) is 56.3 Å². The summed E-state index contributed by atoms with van der Waals surface area (Å²) >= 11 is 0.605. The number of hydrogen-bond acceptors (Lipinski definition) is 6. The van der Waals surface area contributed by atoms with E-state index in [9.17, 15) is 29.8 Å². The Bertz CT molecular complexity index is 2310. The highest BCUT2D eigenvalue weighted by atomic mass is 32.2. The first-order valence-corrected chi connectivity index (χ1v) is 17.8. The Morgan fingerprint density at radius 1 is 1.04 bits per heavy atom. The number of carbonyl (C=O) groups excluding carboxylic acids is 1. The van der Waals surface area contributed by atoms with E-state index < -0.39 is 95.1 Å². The SMILES string of the molecule is [2H]C1=C(SCc2cccc(F)c2F)N(C([2H])([2H])C(=O)N(Cc2ccc(-c3ccc(C(F)(F)F)cc3)cc2)C2CCN(CC([2H])([2H])OC)CC2)c2c([2H])c([2H])c(C)c([2H])c2C1O. The van der Waals surface area contributed by atoms with Gasteiger partial charge in [0, 0.05) is 61.9 Å². The van der Waals surface area contributed by atoms with E-state index in [0.717, 1.165) is 18.2 Å². The summed E-state index contributed by atoms with van der Waals surface area (Å²) in [6, 6.07) is 11.6. The van der Waals surface area contributed by atoms with Crippen molar-refractivity contribution in [1.29, 1.82) is 0 Å². The number of halogens is 5. The Morgan fingerprint density at radius 3 is 2.38 bits per heavy atom. The van der Waals surface area contributed by atoms with E-state index in [-0.39, 0.29) is 55.7 Å². The molecule has 1 amide bonds. The molecule has 12 heteroatoms. The van der Waals surface area contributed by atoms with E-state index in [1.807, 2.05) is 0 Å². The second-order valence-electron chi connectivity index (χ2n) is 12.6. The van der Waals surface area contributed by atoms with Crippen LogP contribution in [0.4, 0.5) is 27.6 Å². The minimum absolute atomic E-state index is 0.0358. The van der Waals surface area contributed by atoms with Crippen LogP contribution in [-0.4, -0.2) is 66.7 Å². The zero-order valence-corrected chi connectivity index (χ0v) is 29.7. The van der Waals surface area contributed by atoms with E-state index in [0.29, 0.717) is 33.4 Å². The third kappa shape index (κ3) is 9.29. The number of aliphatic hydroxyl groups excluding tert-OH is 1. The molecule has 1 N–H and O–H groups in total. The first-order valence-electron chi connectivity index (χ1n) is 20.8. The standard InChI is InChI=1S/C41H42F5N3O3S/c1-27-6-15-36-34(22-27)37(50)23-39(53-26-31-4-3-5-35(42)40(31)43)49(36)25-38(51)48(33-16-18-47(19-17-33)20-21-52-2)24-28-7-9-29(10-8-28)30-11-13-32(14-12-30)41(44,45)46/h3-15,22-23,33,37,50H,16-21,24-26H2,1-2H3/i6D,15D,21D2,22D,23D,25D2. The lowest BCUT2D eigenvalue weighted by atomic mass is 9.99. The number of rotatable bonds is 12. The number of aliphatic hydroxyl groups is 1. The van der Waals surface area contributed by atoms with Crippen molar-refractivity contribution in [3.05, 3.63) is 135 Å². The fourth-order valence-corrected chi connectivity index (χ4v) is 7.16. The molecule has 4 aromatic carbocycles. The Morgan fingerprint density at radius 2 is 1.72 bits per heavy atom. The van der Waals surface area contributed by atoms with Gasteiger partial charge in [-0.1, -0.05) is 66.2 Å². The predicted octanol–water partition coefficient (Wildman–Crippen LogP) is 8.73. The van der Waals surface area contributed by atoms with Crippen molar-refractivity contribution < 1.29 is 47.6 Å². The van der Waals surface area contributed by atoms with Crippen molar-refractivity contribution in [3.8, 4) is 11.1 Å². The number of nitrogens with zero attached hydrogens (tertiary/aromatic N) is 3. The molecule has 0 aliphatic carbocycles. The molecule has 280 valence electrons. The minimum Gasteiger partial charge on any atom is -0.384 e. The Labute approximate surface area is 322 Å². The number of thioether (sulfide) groups is 1. The molecule has 0 spiro atoms. The molecule has 2 aliphatic heterocycles. The van der Waals surface area contributed by atoms with Crippen molar-refractivity contribution in [3.63, 3.8) is 0 Å². The molecule has 1 fully saturated rings. The van der Waals surface area contributed by atoms with E-state index in [2.05, 4.69) is 0 Å². The Hall–Kier alpha value is -4.23. The van der Waals surface area contributed by atoms with Crippen LogP contribution in [0.25, 0.3) is 11.1 Å². The number of fused-ring (bicyclic) bond motifs is 1. The van der Waals surface area contributed by atoms with Crippen molar-refractivity contribution in [2.75, 3.05) is 44.7 Å². The average Bonchev–Trinajstić information content (AvgIpc) is 3.22. The third-order valence-corrected chi connectivity index (χ3v) is 10.1. The van der Waals surface area contributed by atoms with Crippen molar-refractivity contribution in [2.45, 2.75) is 50.4 Å². The molecule has 1 atom stereocenters. The number of ether oxygens (including phenoxy) is 1. The molecule has 1 saturated heterocycles. The number of likely N-dealkylation sites (tertiary alicyclic amines) is 1. The molecule has 53 heavy (non-hydrogen) atoms. The maximum absolute atomic E-state index is 15.1. The Kier molecular flexibility index (Phi) is 9.27. The summed E-state index contributed by atoms with van der Waals surface area (Å²) in [4.78, 5) is 18.9. The van der Waals surface area contributed by atoms with Crippen molar-refractivity contribution in [2.24, 2.45) is 0 Å². The lowest BCUT2D eigenvalue weighted by Crippen LogP contribution is -2.50. The van der Waals surface area contributed by atoms with Gasteiger partial charge in [-0.25, -0.2) is 8.78 Å². The molecule has 6 rings (SSSR count). The number of benzene rings is 4. The molecular weight excluding hydrogens is 710 g/mol. The van der Waals surface area contributed by atoms with E-state index >= 15 is 4.79 Å². The maximum atomic E-state index is 15.1. The van der Waals surface area contributed by atoms with Crippen LogP contribution in [0.3, 0.4) is 0 Å². The fourth-order valence-electron chi connectivity index (χ4n) is 6.18. The lowest BCUT2D eigenvalue weighted by Gasteiger charge is -2.40. The van der Waals surface area contributed by atoms with E-state index in [1.165, 1.54) is 43.2 Å². The van der Waals surface area contributed by atoms with E-state index in [4.69, 9.17) is 13.0 Å². The van der Waals surface area contributed by atoms with Gasteiger partial charge in [0.25, 0.3) is 0 Å². The monoisotopic (exact) mass is 759 g/mol. The molecule has 0 aromatic heterocycles. The van der Waals surface area contributed by atoms with Gasteiger partial charge in [0.1, 0.15) is 12.6 Å². The van der Waals surface area contributed by atoms with Crippen LogP contribution in [0.15, 0.2) is 95.9 Å². The normalized spacial score (nSPS) is 19.6. The number of methoxy groups -OCH3 is 1. The molecule has 0 radical (unpaired) electrons. The second-order valence-corrected chi connectivity index (χ2v) is 13.6. The number of piperidine rings is 1. The third-order valence-electron chi connectivity index (χ3n) is 9.05. The minimum atomic E-state index is -4.52. The van der Waals surface area contributed by atoms with Gasteiger partial charge in [-0.2, -0.15) is 13.2 Å². The zero-order valence-electron chi connectivity index (χ0n) is 36.9. The van der Waals surface area contributed by atoms with Crippen LogP contribution in [-0.2, 0) is 28.0 Å². The summed E-state index contributed by atoms with van der Waals surface area (Å²) in [5, 5.41) is 11.0. The summed E-state index contributed by atoms with van der Waals surface area (Å²) in [6.07, 6.45) is -5.94. The first kappa shape index (κ1) is 29.2. The number of alkyl halides is 3. The van der Waals surface area contributed by atoms with Crippen LogP contribution < -0.4 is 4.90 Å². The number of hydrogen-bond donors (Lipinski definition) is 1. The summed E-state index contributed by atoms with van der Waals surface area (Å²) in [7, 11) is 1.24.